The summed E-state index contributed by atoms with van der Waals surface area (Å²) in [7, 11) is -3.87. The number of aromatic nitrogens is 5. The van der Waals surface area contributed by atoms with E-state index in [0.29, 0.717) is 28.7 Å². The second kappa shape index (κ2) is 12.3. The second-order valence-corrected chi connectivity index (χ2v) is 12.7. The number of anilines is 2. The number of pyridine rings is 1. The number of nitrogens with one attached hydrogen (secondary N) is 3. The van der Waals surface area contributed by atoms with Crippen LogP contribution in [0.1, 0.15) is 52.9 Å². The summed E-state index contributed by atoms with van der Waals surface area (Å²) in [5, 5.41) is 12.8. The van der Waals surface area contributed by atoms with Crippen LogP contribution in [-0.4, -0.2) is 45.0 Å². The third kappa shape index (κ3) is 7.20. The molecule has 13 nitrogen and oxygen atoms in total. The molecule has 5 aromatic rings. The maximum Gasteiger partial charge on any atom is 0.290 e. The summed E-state index contributed by atoms with van der Waals surface area (Å²) in [6, 6.07) is 18.0. The molecule has 0 atom stereocenters. The molecule has 3 heterocycles. The highest BCUT2D eigenvalue weighted by Gasteiger charge is 2.25. The normalized spacial score (nSPS) is 11.6. The number of rotatable bonds is 7. The lowest BCUT2D eigenvalue weighted by Gasteiger charge is -2.20. The number of sulfonamides is 1. The summed E-state index contributed by atoms with van der Waals surface area (Å²) in [5.74, 6) is -0.847. The van der Waals surface area contributed by atoms with Gasteiger partial charge in [0.2, 0.25) is 16.0 Å². The summed E-state index contributed by atoms with van der Waals surface area (Å²) in [6.07, 6.45) is 5.02. The van der Waals surface area contributed by atoms with Crippen LogP contribution in [0, 0.1) is 6.92 Å². The Balaban J connectivity index is 1.30. The highest BCUT2D eigenvalue weighted by molar-refractivity contribution is 7.89. The summed E-state index contributed by atoms with van der Waals surface area (Å²) in [6.45, 7) is 7.73. The van der Waals surface area contributed by atoms with Gasteiger partial charge in [-0.1, -0.05) is 26.8 Å². The molecule has 0 aliphatic rings. The fourth-order valence-electron chi connectivity index (χ4n) is 4.36. The van der Waals surface area contributed by atoms with Crippen molar-refractivity contribution < 1.29 is 18.0 Å². The first-order valence-electron chi connectivity index (χ1n) is 13.8. The maximum atomic E-state index is 13.1. The number of hydrogen-bond acceptors (Lipinski definition) is 9. The molecular formula is C31H31N9O4S. The number of aryl methyl sites for hydroxylation is 1. The maximum absolute atomic E-state index is 13.1. The lowest BCUT2D eigenvalue weighted by molar-refractivity contribution is 0.0843. The molecule has 0 spiro atoms. The highest BCUT2D eigenvalue weighted by atomic mass is 32.2. The molecule has 45 heavy (non-hydrogen) atoms. The Morgan fingerprint density at radius 3 is 2.31 bits per heavy atom. The quantitative estimate of drug-likeness (QED) is 0.195. The second-order valence-electron chi connectivity index (χ2n) is 11.2. The molecule has 3 aromatic heterocycles. The fraction of sp³-hybridized carbons (Fsp3) is 0.161. The van der Waals surface area contributed by atoms with Gasteiger partial charge in [0.25, 0.3) is 11.8 Å². The van der Waals surface area contributed by atoms with E-state index < -0.39 is 27.3 Å². The van der Waals surface area contributed by atoms with Gasteiger partial charge in [-0.05, 0) is 73.2 Å². The fourth-order valence-corrected chi connectivity index (χ4v) is 4.88. The minimum atomic E-state index is -3.87. The molecule has 0 saturated carbocycles. The Morgan fingerprint density at radius 1 is 0.911 bits per heavy atom. The van der Waals surface area contributed by atoms with Crippen molar-refractivity contribution in [3.8, 4) is 16.9 Å². The van der Waals surface area contributed by atoms with E-state index in [4.69, 9.17) is 5.14 Å². The topological polar surface area (TPSA) is 187 Å². The third-order valence-electron chi connectivity index (χ3n) is 6.77. The number of primary sulfonamides is 1. The van der Waals surface area contributed by atoms with Crippen LogP contribution in [0.5, 0.6) is 0 Å². The van der Waals surface area contributed by atoms with Crippen LogP contribution in [0.15, 0.2) is 90.2 Å². The molecule has 5 N–H and O–H groups in total. The van der Waals surface area contributed by atoms with Crippen molar-refractivity contribution in [1.29, 1.82) is 0 Å². The van der Waals surface area contributed by atoms with E-state index in [1.165, 1.54) is 12.1 Å². The largest absolute Gasteiger partial charge is 0.324 e. The molecule has 2 aromatic carbocycles. The number of amides is 2. The molecule has 5 rings (SSSR count). The summed E-state index contributed by atoms with van der Waals surface area (Å²) >= 11 is 0. The minimum Gasteiger partial charge on any atom is -0.324 e. The minimum absolute atomic E-state index is 0.0448. The summed E-state index contributed by atoms with van der Waals surface area (Å²) in [4.78, 5) is 39.0. The Morgan fingerprint density at radius 2 is 1.64 bits per heavy atom. The van der Waals surface area contributed by atoms with Crippen LogP contribution in [0.2, 0.25) is 0 Å². The van der Waals surface area contributed by atoms with E-state index >= 15 is 0 Å². The van der Waals surface area contributed by atoms with Crippen molar-refractivity contribution in [2.24, 2.45) is 5.14 Å². The molecule has 0 unspecified atom stereocenters. The van der Waals surface area contributed by atoms with Crippen LogP contribution < -0.4 is 21.3 Å². The van der Waals surface area contributed by atoms with Crippen LogP contribution in [0.3, 0.4) is 0 Å². The Bertz CT molecular complexity index is 1990. The molecule has 0 aliphatic carbocycles. The molecule has 0 saturated heterocycles. The van der Waals surface area contributed by atoms with E-state index in [0.717, 1.165) is 11.1 Å². The summed E-state index contributed by atoms with van der Waals surface area (Å²) < 4.78 is 24.9. The molecule has 0 aliphatic heterocycles. The van der Waals surface area contributed by atoms with Crippen molar-refractivity contribution >= 4 is 33.5 Å². The van der Waals surface area contributed by atoms with Gasteiger partial charge in [-0.15, -0.1) is 0 Å². The van der Waals surface area contributed by atoms with Crippen LogP contribution >= 0.6 is 0 Å². The molecule has 14 heteroatoms. The van der Waals surface area contributed by atoms with Gasteiger partial charge >= 0.3 is 0 Å². The number of carbonyl (C=O) groups is 2. The smallest absolute Gasteiger partial charge is 0.290 e. The van der Waals surface area contributed by atoms with Gasteiger partial charge < -0.3 is 5.32 Å². The third-order valence-corrected chi connectivity index (χ3v) is 7.70. The van der Waals surface area contributed by atoms with Crippen molar-refractivity contribution in [2.75, 3.05) is 5.32 Å². The highest BCUT2D eigenvalue weighted by Crippen LogP contribution is 2.27. The lowest BCUT2D eigenvalue weighted by atomic mass is 9.91. The molecular weight excluding hydrogens is 594 g/mol. The van der Waals surface area contributed by atoms with E-state index in [1.54, 1.807) is 65.7 Å². The summed E-state index contributed by atoms with van der Waals surface area (Å²) in [5.41, 5.74) is 8.95. The van der Waals surface area contributed by atoms with Crippen LogP contribution in [0.25, 0.3) is 16.9 Å². The number of nitrogens with two attached hydrogens (primary N) is 1. The molecule has 0 fully saturated rings. The first-order valence-corrected chi connectivity index (χ1v) is 15.3. The van der Waals surface area contributed by atoms with E-state index in [1.807, 2.05) is 39.8 Å². The van der Waals surface area contributed by atoms with Crippen molar-refractivity contribution in [2.45, 2.75) is 38.0 Å². The zero-order valence-electron chi connectivity index (χ0n) is 24.9. The number of nitrogens with zero attached hydrogens (tertiary/aromatic N) is 5. The predicted octanol–water partition coefficient (Wildman–Crippen LogP) is 3.80. The molecule has 0 radical (unpaired) electrons. The van der Waals surface area contributed by atoms with Crippen molar-refractivity contribution in [3.05, 3.63) is 108 Å². The molecule has 230 valence electrons. The van der Waals surface area contributed by atoms with Crippen LogP contribution in [-0.2, 0) is 15.4 Å². The molecule has 0 bridgehead atoms. The van der Waals surface area contributed by atoms with Crippen LogP contribution in [0.4, 0.5) is 11.6 Å². The number of hydrazine groups is 1. The first-order chi connectivity index (χ1) is 21.3. The van der Waals surface area contributed by atoms with Crippen molar-refractivity contribution in [1.82, 2.24) is 35.6 Å². The standard InChI is InChI=1S/C31H31N9O4S/c1-19-7-8-20(16-25(19)36-30-34-15-13-24(35-30)21-6-5-14-33-18-21)28(41)37-38-29(42)26-17-27(31(2,3)4)40(39-26)22-9-11-23(12-10-22)45(32,43)44/h5-18H,1-4H3,(H,37,41)(H,38,42)(H2,32,43,44)(H,34,35,36). The van der Waals surface area contributed by atoms with Gasteiger partial charge in [-0.3, -0.25) is 25.4 Å². The zero-order chi connectivity index (χ0) is 32.4. The van der Waals surface area contributed by atoms with E-state index in [-0.39, 0.29) is 16.2 Å². The SMILES string of the molecule is Cc1ccc(C(=O)NNC(=O)c2cc(C(C)(C)C)n(-c3ccc(S(N)(=O)=O)cc3)n2)cc1Nc1nccc(-c2cccnc2)n1. The average molecular weight is 626 g/mol. The average Bonchev–Trinajstić information content (AvgIpc) is 3.48. The van der Waals surface area contributed by atoms with E-state index in [2.05, 4.69) is 36.2 Å². The molecule has 2 amide bonds. The van der Waals surface area contributed by atoms with Gasteiger partial charge in [-0.2, -0.15) is 5.10 Å². The number of benzene rings is 2. The first kappa shape index (κ1) is 31.0. The van der Waals surface area contributed by atoms with Gasteiger partial charge in [0.15, 0.2) is 5.69 Å². The van der Waals surface area contributed by atoms with Gasteiger partial charge in [0, 0.05) is 40.8 Å². The van der Waals surface area contributed by atoms with Gasteiger partial charge in [-0.25, -0.2) is 28.2 Å². The number of carbonyl (C=O) groups excluding carboxylic acids is 2. The van der Waals surface area contributed by atoms with E-state index in [9.17, 15) is 18.0 Å². The number of hydrogen-bond donors (Lipinski definition) is 4. The predicted molar refractivity (Wildman–Crippen MR) is 168 cm³/mol. The zero-order valence-corrected chi connectivity index (χ0v) is 25.8. The van der Waals surface area contributed by atoms with Gasteiger partial charge in [0.05, 0.1) is 22.0 Å². The monoisotopic (exact) mass is 625 g/mol. The Hall–Kier alpha value is -5.47. The Kier molecular flexibility index (Phi) is 8.44. The Labute approximate surface area is 260 Å². The van der Waals surface area contributed by atoms with Gasteiger partial charge in [0.1, 0.15) is 0 Å². The van der Waals surface area contributed by atoms with Crippen molar-refractivity contribution in [3.63, 3.8) is 0 Å². The lowest BCUT2D eigenvalue weighted by Crippen LogP contribution is -2.41.